The standard InChI is InChI=1S/C30H42N2O9S/c1-7-13-38-23-15-24(18-40-27(33)26(20(3)4)31-28(34)39-14-8-2)41-30(16-23,37-6)25-19-42-29(35)32(25)17-21-9-11-22(36-5)12-10-21/h7-12,20,23-26H,1-2,13-19H2,3-6H3,(H,31,34)/t23-,24-,25-,26-,30+/m0/s1. The molecule has 1 aromatic carbocycles. The van der Waals surface area contributed by atoms with Crippen LogP contribution in [0.1, 0.15) is 32.3 Å². The molecule has 0 aliphatic carbocycles. The van der Waals surface area contributed by atoms with Crippen molar-refractivity contribution in [1.82, 2.24) is 10.2 Å². The van der Waals surface area contributed by atoms with E-state index in [2.05, 4.69) is 18.5 Å². The van der Waals surface area contributed by atoms with E-state index < -0.39 is 36.0 Å². The fourth-order valence-electron chi connectivity index (χ4n) is 4.97. The molecule has 2 amide bonds. The second-order valence-electron chi connectivity index (χ2n) is 10.4. The molecule has 0 unspecified atom stereocenters. The van der Waals surface area contributed by atoms with Gasteiger partial charge in [0.15, 0.2) is 5.79 Å². The lowest BCUT2D eigenvalue weighted by molar-refractivity contribution is -0.311. The van der Waals surface area contributed by atoms with Crippen LogP contribution in [0.3, 0.4) is 0 Å². The van der Waals surface area contributed by atoms with Crippen molar-refractivity contribution in [2.75, 3.05) is 39.8 Å². The predicted molar refractivity (Wildman–Crippen MR) is 158 cm³/mol. The molecule has 3 rings (SSSR count). The van der Waals surface area contributed by atoms with Crippen molar-refractivity contribution >= 4 is 29.1 Å². The Hall–Kier alpha value is -3.06. The van der Waals surface area contributed by atoms with Gasteiger partial charge in [0.2, 0.25) is 0 Å². The highest BCUT2D eigenvalue weighted by Gasteiger charge is 2.54. The average molecular weight is 607 g/mol. The molecule has 0 spiro atoms. The summed E-state index contributed by atoms with van der Waals surface area (Å²) >= 11 is 1.21. The topological polar surface area (TPSA) is 122 Å². The van der Waals surface area contributed by atoms with Crippen molar-refractivity contribution in [3.63, 3.8) is 0 Å². The Kier molecular flexibility index (Phi) is 12.7. The molecule has 2 saturated heterocycles. The molecule has 2 aliphatic heterocycles. The van der Waals surface area contributed by atoms with E-state index >= 15 is 0 Å². The summed E-state index contributed by atoms with van der Waals surface area (Å²) in [6, 6.07) is 6.18. The second kappa shape index (κ2) is 16.0. The van der Waals surface area contributed by atoms with Crippen LogP contribution in [-0.2, 0) is 35.0 Å². The summed E-state index contributed by atoms with van der Waals surface area (Å²) in [6.07, 6.45) is 2.25. The maximum atomic E-state index is 13.0. The van der Waals surface area contributed by atoms with Crippen LogP contribution in [0.2, 0.25) is 0 Å². The minimum absolute atomic E-state index is 0.0181. The highest BCUT2D eigenvalue weighted by atomic mass is 32.2. The molecular weight excluding hydrogens is 564 g/mol. The van der Waals surface area contributed by atoms with Crippen molar-refractivity contribution in [3.8, 4) is 5.75 Å². The van der Waals surface area contributed by atoms with Crippen molar-refractivity contribution < 1.29 is 42.8 Å². The number of nitrogens with one attached hydrogen (secondary N) is 1. The number of amides is 2. The minimum atomic E-state index is -1.21. The number of benzene rings is 1. The van der Waals surface area contributed by atoms with Crippen molar-refractivity contribution in [2.45, 2.75) is 63.3 Å². The normalized spacial score (nSPS) is 24.6. The Labute approximate surface area is 251 Å². The van der Waals surface area contributed by atoms with Gasteiger partial charge in [-0.05, 0) is 23.6 Å². The van der Waals surface area contributed by atoms with Crippen LogP contribution in [0.5, 0.6) is 5.75 Å². The quantitative estimate of drug-likeness (QED) is 0.228. The third kappa shape index (κ3) is 8.73. The number of carbonyl (C=O) groups is 3. The van der Waals surface area contributed by atoms with Gasteiger partial charge in [-0.25, -0.2) is 9.59 Å². The molecular formula is C30H42N2O9S. The monoisotopic (exact) mass is 606 g/mol. The number of ether oxygens (including phenoxy) is 6. The molecule has 11 nitrogen and oxygen atoms in total. The summed E-state index contributed by atoms with van der Waals surface area (Å²) in [5.74, 6) is -0.901. The van der Waals surface area contributed by atoms with Gasteiger partial charge in [0.05, 0.1) is 32.0 Å². The van der Waals surface area contributed by atoms with Gasteiger partial charge in [-0.3, -0.25) is 4.79 Å². The lowest BCUT2D eigenvalue weighted by Gasteiger charge is -2.48. The smallest absolute Gasteiger partial charge is 0.408 e. The highest BCUT2D eigenvalue weighted by Crippen LogP contribution is 2.42. The van der Waals surface area contributed by atoms with Gasteiger partial charge in [0, 0.05) is 32.2 Å². The Balaban J connectivity index is 1.77. The Bertz CT molecular complexity index is 1080. The van der Waals surface area contributed by atoms with Crippen LogP contribution < -0.4 is 10.1 Å². The number of alkyl carbamates (subject to hydrolysis) is 1. The molecule has 2 heterocycles. The average Bonchev–Trinajstić information content (AvgIpc) is 3.36. The van der Waals surface area contributed by atoms with Crippen LogP contribution in [-0.4, -0.2) is 92.1 Å². The third-order valence-electron chi connectivity index (χ3n) is 7.13. The van der Waals surface area contributed by atoms with Crippen LogP contribution in [0.25, 0.3) is 0 Å². The molecule has 0 aromatic heterocycles. The van der Waals surface area contributed by atoms with Gasteiger partial charge in [-0.2, -0.15) is 0 Å². The predicted octanol–water partition coefficient (Wildman–Crippen LogP) is 4.31. The number of nitrogens with zero attached hydrogens (tertiary/aromatic N) is 1. The Morgan fingerprint density at radius 1 is 1.17 bits per heavy atom. The summed E-state index contributed by atoms with van der Waals surface area (Å²) in [6.45, 7) is 11.4. The number of carbonyl (C=O) groups excluding carboxylic acids is 3. The summed E-state index contributed by atoms with van der Waals surface area (Å²) in [5, 5.41) is 2.47. The highest BCUT2D eigenvalue weighted by molar-refractivity contribution is 8.13. The van der Waals surface area contributed by atoms with E-state index in [4.69, 9.17) is 28.4 Å². The van der Waals surface area contributed by atoms with Gasteiger partial charge in [-0.15, -0.1) is 6.58 Å². The first-order valence-electron chi connectivity index (χ1n) is 13.9. The fourth-order valence-corrected chi connectivity index (χ4v) is 6.06. The fraction of sp³-hybridized carbons (Fsp3) is 0.567. The molecule has 1 aromatic rings. The molecule has 1 N–H and O–H groups in total. The van der Waals surface area contributed by atoms with Crippen molar-refractivity contribution in [2.24, 2.45) is 5.92 Å². The summed E-state index contributed by atoms with van der Waals surface area (Å²) in [7, 11) is 3.15. The first-order chi connectivity index (χ1) is 20.2. The lowest BCUT2D eigenvalue weighted by Crippen LogP contribution is -2.61. The van der Waals surface area contributed by atoms with E-state index in [-0.39, 0.29) is 30.5 Å². The molecule has 12 heteroatoms. The number of esters is 1. The molecule has 2 fully saturated rings. The molecule has 2 aliphatic rings. The second-order valence-corrected chi connectivity index (χ2v) is 11.4. The van der Waals surface area contributed by atoms with Crippen LogP contribution in [0.4, 0.5) is 9.59 Å². The third-order valence-corrected chi connectivity index (χ3v) is 8.10. The molecule has 42 heavy (non-hydrogen) atoms. The lowest BCUT2D eigenvalue weighted by atomic mass is 9.92. The number of methoxy groups -OCH3 is 2. The van der Waals surface area contributed by atoms with Crippen molar-refractivity contribution in [3.05, 3.63) is 55.1 Å². The Morgan fingerprint density at radius 3 is 2.50 bits per heavy atom. The zero-order valence-electron chi connectivity index (χ0n) is 24.7. The van der Waals surface area contributed by atoms with Gasteiger partial charge in [-0.1, -0.05) is 56.5 Å². The molecule has 0 saturated carbocycles. The van der Waals surface area contributed by atoms with Crippen LogP contribution in [0, 0.1) is 5.92 Å². The van der Waals surface area contributed by atoms with Gasteiger partial charge >= 0.3 is 12.1 Å². The van der Waals surface area contributed by atoms with E-state index in [0.29, 0.717) is 31.7 Å². The SMILES string of the molecule is C=CCOC(=O)N[C@H](C(=O)OC[C@@H]1C[C@H](OCC=C)C[C@](OC)([C@@H]2CSC(=O)N2Cc2ccc(OC)cc2)O1)C(C)C. The summed E-state index contributed by atoms with van der Waals surface area (Å²) < 4.78 is 34.5. The first-order valence-corrected chi connectivity index (χ1v) is 14.9. The van der Waals surface area contributed by atoms with E-state index in [0.717, 1.165) is 11.3 Å². The van der Waals surface area contributed by atoms with Crippen molar-refractivity contribution in [1.29, 1.82) is 0 Å². The van der Waals surface area contributed by atoms with Gasteiger partial charge < -0.3 is 38.6 Å². The van der Waals surface area contributed by atoms with Crippen LogP contribution in [0.15, 0.2) is 49.6 Å². The number of hydrogen-bond donors (Lipinski definition) is 1. The van der Waals surface area contributed by atoms with Gasteiger partial charge in [0.25, 0.3) is 5.24 Å². The van der Waals surface area contributed by atoms with E-state index in [9.17, 15) is 14.4 Å². The summed E-state index contributed by atoms with van der Waals surface area (Å²) in [5.41, 5.74) is 0.933. The number of thioether (sulfide) groups is 1. The van der Waals surface area contributed by atoms with Gasteiger partial charge in [0.1, 0.15) is 25.0 Å². The first kappa shape index (κ1) is 33.4. The Morgan fingerprint density at radius 2 is 1.88 bits per heavy atom. The number of rotatable bonds is 15. The molecule has 0 bridgehead atoms. The van der Waals surface area contributed by atoms with Crippen LogP contribution >= 0.6 is 11.8 Å². The maximum absolute atomic E-state index is 13.0. The summed E-state index contributed by atoms with van der Waals surface area (Å²) in [4.78, 5) is 39.9. The van der Waals surface area contributed by atoms with E-state index in [1.54, 1.807) is 39.0 Å². The molecule has 0 radical (unpaired) electrons. The largest absolute Gasteiger partial charge is 0.497 e. The zero-order valence-corrected chi connectivity index (χ0v) is 25.6. The minimum Gasteiger partial charge on any atom is -0.497 e. The number of hydrogen-bond acceptors (Lipinski definition) is 10. The zero-order chi connectivity index (χ0) is 30.7. The maximum Gasteiger partial charge on any atom is 0.408 e. The van der Waals surface area contributed by atoms with E-state index in [1.165, 1.54) is 17.8 Å². The molecule has 232 valence electrons. The molecule has 5 atom stereocenters. The van der Waals surface area contributed by atoms with E-state index in [1.807, 2.05) is 24.3 Å².